The van der Waals surface area contributed by atoms with Crippen LogP contribution in [0.4, 0.5) is 0 Å². The van der Waals surface area contributed by atoms with Gasteiger partial charge in [0.1, 0.15) is 0 Å². The van der Waals surface area contributed by atoms with E-state index in [1.165, 1.54) is 4.88 Å². The van der Waals surface area contributed by atoms with Gasteiger partial charge in [0.05, 0.1) is 13.0 Å². The zero-order chi connectivity index (χ0) is 12.8. The lowest BCUT2D eigenvalue weighted by molar-refractivity contribution is -0.142. The van der Waals surface area contributed by atoms with Crippen molar-refractivity contribution in [3.8, 4) is 0 Å². The zero-order valence-corrected chi connectivity index (χ0v) is 11.5. The smallest absolute Gasteiger partial charge is 0.310 e. The number of carbonyl (C=O) groups excluding carboxylic acids is 1. The van der Waals surface area contributed by atoms with Crippen molar-refractivity contribution in [2.75, 3.05) is 6.61 Å². The van der Waals surface area contributed by atoms with Crippen molar-refractivity contribution in [3.05, 3.63) is 52.2 Å². The van der Waals surface area contributed by atoms with E-state index in [9.17, 15) is 4.79 Å². The zero-order valence-electron chi connectivity index (χ0n) is 9.83. The molecule has 0 aliphatic heterocycles. The molecule has 0 bridgehead atoms. The van der Waals surface area contributed by atoms with Crippen LogP contribution in [0.5, 0.6) is 0 Å². The average Bonchev–Trinajstić information content (AvgIpc) is 2.85. The van der Waals surface area contributed by atoms with Crippen molar-refractivity contribution < 1.29 is 9.53 Å². The van der Waals surface area contributed by atoms with Crippen molar-refractivity contribution in [2.24, 2.45) is 0 Å². The predicted molar refractivity (Wildman–Crippen MR) is 76.4 cm³/mol. The fraction of sp³-hybridized carbons (Fsp3) is 0.214. The van der Waals surface area contributed by atoms with Crippen molar-refractivity contribution in [1.82, 2.24) is 0 Å². The van der Waals surface area contributed by atoms with Crippen LogP contribution in [-0.4, -0.2) is 12.6 Å². The largest absolute Gasteiger partial charge is 0.465 e. The summed E-state index contributed by atoms with van der Waals surface area (Å²) in [7, 11) is 0. The molecule has 0 aliphatic carbocycles. The fourth-order valence-electron chi connectivity index (χ4n) is 1.55. The van der Waals surface area contributed by atoms with E-state index in [1.54, 1.807) is 11.3 Å². The molecule has 2 aromatic rings. The van der Waals surface area contributed by atoms with Crippen LogP contribution >= 0.6 is 24.0 Å². The Kier molecular flexibility index (Phi) is 4.84. The topological polar surface area (TPSA) is 26.3 Å². The third kappa shape index (κ3) is 4.20. The Balaban J connectivity index is 1.73. The molecule has 0 unspecified atom stereocenters. The molecular weight excluding hydrogens is 264 g/mol. The van der Waals surface area contributed by atoms with Gasteiger partial charge < -0.3 is 4.74 Å². The number of thiophene rings is 1. The average molecular weight is 278 g/mol. The molecule has 0 saturated carbocycles. The van der Waals surface area contributed by atoms with E-state index in [4.69, 9.17) is 4.74 Å². The number of esters is 1. The first-order chi connectivity index (χ1) is 8.74. The molecule has 4 heteroatoms. The molecule has 18 heavy (non-hydrogen) atoms. The maximum atomic E-state index is 11.6. The van der Waals surface area contributed by atoms with Gasteiger partial charge in [-0.2, -0.15) is 0 Å². The molecule has 0 radical (unpaired) electrons. The standard InChI is InChI=1S/C14H14O2S2/c15-14(10-11-3-5-12(17)6-4-11)16-8-7-13-2-1-9-18-13/h1-6,9,17H,7-8,10H2. The molecule has 0 N–H and O–H groups in total. The van der Waals surface area contributed by atoms with Gasteiger partial charge in [0.15, 0.2) is 0 Å². The number of rotatable bonds is 5. The van der Waals surface area contributed by atoms with Crippen LogP contribution in [0.3, 0.4) is 0 Å². The molecule has 1 aromatic heterocycles. The summed E-state index contributed by atoms with van der Waals surface area (Å²) >= 11 is 5.88. The molecule has 0 spiro atoms. The first-order valence-electron chi connectivity index (χ1n) is 5.70. The van der Waals surface area contributed by atoms with Gasteiger partial charge in [0, 0.05) is 16.2 Å². The Morgan fingerprint density at radius 3 is 2.67 bits per heavy atom. The molecule has 0 aliphatic rings. The van der Waals surface area contributed by atoms with Gasteiger partial charge in [-0.1, -0.05) is 18.2 Å². The highest BCUT2D eigenvalue weighted by Crippen LogP contribution is 2.10. The Morgan fingerprint density at radius 2 is 2.00 bits per heavy atom. The van der Waals surface area contributed by atoms with Gasteiger partial charge in [0.2, 0.25) is 0 Å². The molecule has 0 saturated heterocycles. The first-order valence-corrected chi connectivity index (χ1v) is 7.02. The molecule has 1 aromatic carbocycles. The lowest BCUT2D eigenvalue weighted by atomic mass is 10.1. The van der Waals surface area contributed by atoms with Crippen molar-refractivity contribution in [2.45, 2.75) is 17.7 Å². The summed E-state index contributed by atoms with van der Waals surface area (Å²) in [4.78, 5) is 13.7. The van der Waals surface area contributed by atoms with Gasteiger partial charge in [-0.05, 0) is 29.1 Å². The molecule has 1 heterocycles. The second-order valence-electron chi connectivity index (χ2n) is 3.89. The Bertz CT molecular complexity index is 489. The van der Waals surface area contributed by atoms with Crippen molar-refractivity contribution in [1.29, 1.82) is 0 Å². The van der Waals surface area contributed by atoms with Crippen LogP contribution in [0, 0.1) is 0 Å². The predicted octanol–water partition coefficient (Wildman–Crippen LogP) is 3.37. The molecule has 0 fully saturated rings. The Hall–Kier alpha value is -1.26. The number of thiol groups is 1. The van der Waals surface area contributed by atoms with Crippen LogP contribution in [0.15, 0.2) is 46.7 Å². The lowest BCUT2D eigenvalue weighted by Crippen LogP contribution is -2.10. The highest BCUT2D eigenvalue weighted by atomic mass is 32.1. The van der Waals surface area contributed by atoms with E-state index in [-0.39, 0.29) is 5.97 Å². The van der Waals surface area contributed by atoms with Crippen LogP contribution < -0.4 is 0 Å². The highest BCUT2D eigenvalue weighted by Gasteiger charge is 2.05. The number of ether oxygens (including phenoxy) is 1. The van der Waals surface area contributed by atoms with Gasteiger partial charge in [-0.15, -0.1) is 24.0 Å². The minimum atomic E-state index is -0.182. The SMILES string of the molecule is O=C(Cc1ccc(S)cc1)OCCc1cccs1. The van der Waals surface area contributed by atoms with Gasteiger partial charge in [-0.25, -0.2) is 0 Å². The monoisotopic (exact) mass is 278 g/mol. The summed E-state index contributed by atoms with van der Waals surface area (Å²) in [5, 5.41) is 2.02. The van der Waals surface area contributed by atoms with Crippen LogP contribution in [-0.2, 0) is 22.4 Å². The summed E-state index contributed by atoms with van der Waals surface area (Å²) in [6.07, 6.45) is 1.11. The van der Waals surface area contributed by atoms with E-state index in [1.807, 2.05) is 41.8 Å². The third-order valence-corrected chi connectivity index (χ3v) is 3.71. The summed E-state index contributed by atoms with van der Waals surface area (Å²) in [6, 6.07) is 11.6. The molecule has 94 valence electrons. The van der Waals surface area contributed by atoms with Gasteiger partial charge in [-0.3, -0.25) is 4.79 Å². The fourth-order valence-corrected chi connectivity index (χ4v) is 2.39. The summed E-state index contributed by atoms with van der Waals surface area (Å²) in [6.45, 7) is 0.448. The number of hydrogen-bond acceptors (Lipinski definition) is 4. The van der Waals surface area contributed by atoms with Crippen LogP contribution in [0.25, 0.3) is 0 Å². The van der Waals surface area contributed by atoms with Crippen LogP contribution in [0.2, 0.25) is 0 Å². The summed E-state index contributed by atoms with van der Waals surface area (Å²) in [5.74, 6) is -0.182. The molecule has 2 rings (SSSR count). The number of benzene rings is 1. The summed E-state index contributed by atoms with van der Waals surface area (Å²) in [5.41, 5.74) is 0.953. The van der Waals surface area contributed by atoms with Crippen LogP contribution in [0.1, 0.15) is 10.4 Å². The normalized spacial score (nSPS) is 10.3. The number of carbonyl (C=O) groups is 1. The molecular formula is C14H14O2S2. The third-order valence-electron chi connectivity index (χ3n) is 2.48. The molecule has 2 nitrogen and oxygen atoms in total. The Labute approximate surface area is 116 Å². The van der Waals surface area contributed by atoms with E-state index in [0.717, 1.165) is 16.9 Å². The molecule has 0 amide bonds. The van der Waals surface area contributed by atoms with E-state index >= 15 is 0 Å². The van der Waals surface area contributed by atoms with Crippen molar-refractivity contribution >= 4 is 29.9 Å². The van der Waals surface area contributed by atoms with E-state index in [0.29, 0.717) is 13.0 Å². The summed E-state index contributed by atoms with van der Waals surface area (Å²) < 4.78 is 5.20. The van der Waals surface area contributed by atoms with Gasteiger partial charge >= 0.3 is 5.97 Å². The maximum Gasteiger partial charge on any atom is 0.310 e. The second-order valence-corrected chi connectivity index (χ2v) is 5.44. The maximum absolute atomic E-state index is 11.6. The quantitative estimate of drug-likeness (QED) is 0.670. The minimum absolute atomic E-state index is 0.182. The van der Waals surface area contributed by atoms with Crippen molar-refractivity contribution in [3.63, 3.8) is 0 Å². The lowest BCUT2D eigenvalue weighted by Gasteiger charge is -2.04. The van der Waals surface area contributed by atoms with E-state index < -0.39 is 0 Å². The highest BCUT2D eigenvalue weighted by molar-refractivity contribution is 7.80. The Morgan fingerprint density at radius 1 is 1.22 bits per heavy atom. The minimum Gasteiger partial charge on any atom is -0.465 e. The number of hydrogen-bond donors (Lipinski definition) is 1. The van der Waals surface area contributed by atoms with Gasteiger partial charge in [0.25, 0.3) is 0 Å². The first kappa shape index (κ1) is 13.2. The van der Waals surface area contributed by atoms with E-state index in [2.05, 4.69) is 12.6 Å². The second kappa shape index (κ2) is 6.61. The molecule has 0 atom stereocenters.